The largest absolute Gasteiger partial charge is 0.452 e. The van der Waals surface area contributed by atoms with Gasteiger partial charge in [-0.05, 0) is 41.7 Å². The van der Waals surface area contributed by atoms with Crippen LogP contribution in [0.2, 0.25) is 0 Å². The maximum Gasteiger partial charge on any atom is 0.338 e. The Bertz CT molecular complexity index is 852. The Balaban J connectivity index is 1.23. The maximum absolute atomic E-state index is 12.4. The number of thioether (sulfide) groups is 2. The van der Waals surface area contributed by atoms with Gasteiger partial charge in [0.05, 0.1) is 10.1 Å². The lowest BCUT2D eigenvalue weighted by Gasteiger charge is -2.34. The summed E-state index contributed by atoms with van der Waals surface area (Å²) in [5.74, 6) is 2.38. The summed E-state index contributed by atoms with van der Waals surface area (Å²) < 4.78 is 5.70. The van der Waals surface area contributed by atoms with E-state index in [0.717, 1.165) is 0 Å². The number of anilines is 1. The van der Waals surface area contributed by atoms with Crippen LogP contribution in [-0.4, -0.2) is 71.0 Å². The van der Waals surface area contributed by atoms with E-state index < -0.39 is 5.97 Å². The van der Waals surface area contributed by atoms with Gasteiger partial charge in [-0.15, -0.1) is 23.5 Å². The van der Waals surface area contributed by atoms with E-state index in [9.17, 15) is 9.59 Å². The zero-order valence-corrected chi connectivity index (χ0v) is 18.2. The fraction of sp³-hybridized carbons (Fsp3) is 0.429. The zero-order chi connectivity index (χ0) is 20.8. The topological polar surface area (TPSA) is 75.6 Å². The van der Waals surface area contributed by atoms with E-state index >= 15 is 0 Å². The third-order valence-electron chi connectivity index (χ3n) is 5.04. The first-order valence-electron chi connectivity index (χ1n) is 10.0. The quantitative estimate of drug-likeness (QED) is 0.652. The van der Waals surface area contributed by atoms with Crippen molar-refractivity contribution in [2.24, 2.45) is 0 Å². The van der Waals surface area contributed by atoms with E-state index in [1.807, 2.05) is 40.6 Å². The summed E-state index contributed by atoms with van der Waals surface area (Å²) in [7, 11) is 0. The van der Waals surface area contributed by atoms with Gasteiger partial charge in [0.2, 0.25) is 5.95 Å². The van der Waals surface area contributed by atoms with Crippen molar-refractivity contribution >= 4 is 41.3 Å². The molecule has 2 aliphatic rings. The van der Waals surface area contributed by atoms with Crippen LogP contribution in [0.1, 0.15) is 26.9 Å². The van der Waals surface area contributed by atoms with Gasteiger partial charge in [0.15, 0.2) is 6.61 Å². The van der Waals surface area contributed by atoms with Crippen molar-refractivity contribution in [1.29, 1.82) is 0 Å². The molecule has 0 bridgehead atoms. The van der Waals surface area contributed by atoms with Crippen LogP contribution in [0.25, 0.3) is 0 Å². The summed E-state index contributed by atoms with van der Waals surface area (Å²) in [6.07, 6.45) is 4.66. The number of esters is 1. The van der Waals surface area contributed by atoms with Gasteiger partial charge in [0, 0.05) is 38.6 Å². The molecule has 0 saturated carbocycles. The number of carbonyl (C=O) groups is 2. The van der Waals surface area contributed by atoms with E-state index in [1.54, 1.807) is 35.5 Å². The molecule has 158 valence electrons. The molecule has 2 fully saturated rings. The summed E-state index contributed by atoms with van der Waals surface area (Å²) in [5, 5.41) is 0. The van der Waals surface area contributed by atoms with Gasteiger partial charge in [-0.1, -0.05) is 12.1 Å². The second-order valence-corrected chi connectivity index (χ2v) is 9.77. The van der Waals surface area contributed by atoms with Gasteiger partial charge in [0.1, 0.15) is 0 Å². The number of hydrogen-bond donors (Lipinski definition) is 0. The van der Waals surface area contributed by atoms with Crippen LogP contribution in [0.15, 0.2) is 42.7 Å². The standard InChI is InChI=1S/C21H24N4O3S2/c26-18(24-9-11-25(12-10-24)21-22-7-1-8-23-21)15-28-19(27)16-3-5-17(6-4-16)20-29-13-2-14-30-20/h1,3-8,20H,2,9-15H2. The molecular formula is C21H24N4O3S2. The minimum atomic E-state index is -0.463. The van der Waals surface area contributed by atoms with Gasteiger partial charge in [0.25, 0.3) is 5.91 Å². The van der Waals surface area contributed by atoms with Crippen LogP contribution in [0.5, 0.6) is 0 Å². The minimum Gasteiger partial charge on any atom is -0.452 e. The number of rotatable bonds is 5. The number of piperazine rings is 1. The molecule has 4 rings (SSSR count). The Morgan fingerprint density at radius 1 is 1.00 bits per heavy atom. The maximum atomic E-state index is 12.4. The van der Waals surface area contributed by atoms with Crippen molar-refractivity contribution in [3.8, 4) is 0 Å². The highest BCUT2D eigenvalue weighted by Gasteiger charge is 2.23. The molecule has 0 aliphatic carbocycles. The number of amides is 1. The zero-order valence-electron chi connectivity index (χ0n) is 16.6. The van der Waals surface area contributed by atoms with Crippen LogP contribution in [0.3, 0.4) is 0 Å². The van der Waals surface area contributed by atoms with Crippen LogP contribution in [0, 0.1) is 0 Å². The van der Waals surface area contributed by atoms with E-state index in [-0.39, 0.29) is 12.5 Å². The molecule has 2 aliphatic heterocycles. The predicted molar refractivity (Wildman–Crippen MR) is 120 cm³/mol. The Morgan fingerprint density at radius 2 is 1.67 bits per heavy atom. The second kappa shape index (κ2) is 10.2. The van der Waals surface area contributed by atoms with E-state index in [2.05, 4.69) is 9.97 Å². The van der Waals surface area contributed by atoms with Crippen molar-refractivity contribution in [3.63, 3.8) is 0 Å². The van der Waals surface area contributed by atoms with E-state index in [4.69, 9.17) is 4.74 Å². The average molecular weight is 445 g/mol. The molecule has 2 saturated heterocycles. The summed E-state index contributed by atoms with van der Waals surface area (Å²) >= 11 is 3.89. The first-order valence-corrected chi connectivity index (χ1v) is 12.1. The van der Waals surface area contributed by atoms with E-state index in [0.29, 0.717) is 42.3 Å². The van der Waals surface area contributed by atoms with Gasteiger partial charge >= 0.3 is 5.97 Å². The summed E-state index contributed by atoms with van der Waals surface area (Å²) in [4.78, 5) is 37.0. The molecule has 3 heterocycles. The highest BCUT2D eigenvalue weighted by Crippen LogP contribution is 2.43. The van der Waals surface area contributed by atoms with Gasteiger partial charge in [-0.25, -0.2) is 14.8 Å². The molecule has 0 N–H and O–H groups in total. The average Bonchev–Trinajstić information content (AvgIpc) is 2.83. The molecule has 9 heteroatoms. The molecule has 1 aromatic heterocycles. The third kappa shape index (κ3) is 5.26. The number of benzene rings is 1. The molecule has 0 unspecified atom stereocenters. The molecule has 1 amide bonds. The molecule has 2 aromatic rings. The normalized spacial score (nSPS) is 17.6. The lowest BCUT2D eigenvalue weighted by molar-refractivity contribution is -0.134. The molecule has 0 radical (unpaired) electrons. The fourth-order valence-electron chi connectivity index (χ4n) is 3.37. The van der Waals surface area contributed by atoms with Crippen molar-refractivity contribution in [3.05, 3.63) is 53.9 Å². The minimum absolute atomic E-state index is 0.177. The van der Waals surface area contributed by atoms with Gasteiger partial charge < -0.3 is 14.5 Å². The number of ether oxygens (including phenoxy) is 1. The fourth-order valence-corrected chi connectivity index (χ4v) is 6.26. The summed E-state index contributed by atoms with van der Waals surface area (Å²) in [5.41, 5.74) is 1.70. The highest BCUT2D eigenvalue weighted by molar-refractivity contribution is 8.16. The molecular weight excluding hydrogens is 420 g/mol. The van der Waals surface area contributed by atoms with E-state index in [1.165, 1.54) is 23.5 Å². The van der Waals surface area contributed by atoms with Gasteiger partial charge in [-0.3, -0.25) is 4.79 Å². The highest BCUT2D eigenvalue weighted by atomic mass is 32.2. The number of carbonyl (C=O) groups excluding carboxylic acids is 2. The van der Waals surface area contributed by atoms with Crippen molar-refractivity contribution in [2.45, 2.75) is 11.0 Å². The lowest BCUT2D eigenvalue weighted by atomic mass is 10.1. The van der Waals surface area contributed by atoms with Crippen molar-refractivity contribution in [2.75, 3.05) is 49.2 Å². The SMILES string of the molecule is O=C(OCC(=O)N1CCN(c2ncccn2)CC1)c1ccc(C2SCCCS2)cc1. The number of nitrogens with zero attached hydrogens (tertiary/aromatic N) is 4. The van der Waals surface area contributed by atoms with Crippen molar-refractivity contribution < 1.29 is 14.3 Å². The Kier molecular flexibility index (Phi) is 7.11. The summed E-state index contributed by atoms with van der Waals surface area (Å²) in [6, 6.07) is 9.32. The smallest absolute Gasteiger partial charge is 0.338 e. The monoisotopic (exact) mass is 444 g/mol. The Hall–Kier alpha value is -2.26. The lowest BCUT2D eigenvalue weighted by Crippen LogP contribution is -2.50. The van der Waals surface area contributed by atoms with Crippen LogP contribution < -0.4 is 4.90 Å². The van der Waals surface area contributed by atoms with Crippen LogP contribution in [0.4, 0.5) is 5.95 Å². The van der Waals surface area contributed by atoms with Crippen LogP contribution in [-0.2, 0) is 9.53 Å². The third-order valence-corrected chi connectivity index (χ3v) is 8.05. The molecule has 0 atom stereocenters. The Labute approximate surface area is 184 Å². The van der Waals surface area contributed by atoms with Crippen molar-refractivity contribution in [1.82, 2.24) is 14.9 Å². The number of hydrogen-bond acceptors (Lipinski definition) is 8. The number of aromatic nitrogens is 2. The second-order valence-electron chi connectivity index (χ2n) is 7.04. The Morgan fingerprint density at radius 3 is 2.33 bits per heavy atom. The molecule has 0 spiro atoms. The molecule has 7 nitrogen and oxygen atoms in total. The van der Waals surface area contributed by atoms with Crippen LogP contribution >= 0.6 is 23.5 Å². The predicted octanol–water partition coefficient (Wildman–Crippen LogP) is 2.85. The first kappa shape index (κ1) is 21.0. The molecule has 30 heavy (non-hydrogen) atoms. The molecule has 1 aromatic carbocycles. The van der Waals surface area contributed by atoms with Gasteiger partial charge in [-0.2, -0.15) is 0 Å². The first-order chi connectivity index (χ1) is 14.7. The summed E-state index contributed by atoms with van der Waals surface area (Å²) in [6.45, 7) is 2.18.